The summed E-state index contributed by atoms with van der Waals surface area (Å²) < 4.78 is 4.16. The molecule has 0 saturated heterocycles. The lowest BCUT2D eigenvalue weighted by molar-refractivity contribution is 0.838. The van der Waals surface area contributed by atoms with Crippen LogP contribution in [0.3, 0.4) is 0 Å². The Kier molecular flexibility index (Phi) is 12.0. The monoisotopic (exact) mass is 900 g/mol. The van der Waals surface area contributed by atoms with Gasteiger partial charge < -0.3 is 0 Å². The van der Waals surface area contributed by atoms with E-state index in [2.05, 4.69) is 206 Å². The van der Waals surface area contributed by atoms with Gasteiger partial charge in [0.25, 0.3) is 0 Å². The molecule has 0 nitrogen and oxygen atoms in total. The zero-order chi connectivity index (χ0) is 34.5. The molecule has 0 heterocycles. The van der Waals surface area contributed by atoms with Crippen LogP contribution in [0, 0.1) is 22.9 Å². The van der Waals surface area contributed by atoms with Crippen LogP contribution in [0.1, 0.15) is 94.2 Å². The van der Waals surface area contributed by atoms with E-state index in [1.165, 1.54) is 32.3 Å². The van der Waals surface area contributed by atoms with Crippen LogP contribution in [0.5, 0.6) is 0 Å². The van der Waals surface area contributed by atoms with E-state index in [1.807, 2.05) is 0 Å². The highest BCUT2D eigenvalue weighted by molar-refractivity contribution is 9.13. The van der Waals surface area contributed by atoms with E-state index in [4.69, 9.17) is 0 Å². The molecular formula is C40H48Br4Si2. The predicted molar refractivity (Wildman–Crippen MR) is 226 cm³/mol. The zero-order valence-corrected chi connectivity index (χ0v) is 37.8. The van der Waals surface area contributed by atoms with Gasteiger partial charge in [-0.2, -0.15) is 0 Å². The van der Waals surface area contributed by atoms with Crippen LogP contribution in [0.25, 0.3) is 32.3 Å². The van der Waals surface area contributed by atoms with E-state index in [1.54, 1.807) is 0 Å². The minimum Gasteiger partial charge on any atom is -0.125 e. The maximum Gasteiger partial charge on any atom is 0.146 e. The molecule has 4 aromatic rings. The maximum atomic E-state index is 4.07. The SMILES string of the molecule is CC(C)[Si](C#Cc1c2cc(Br)c(Br)cc2c(C#C[Si](C(C)C)(C(C)C)C(C)C)c2cc3cc(Br)c(Br)cc3cc12)(C(C)C)C(C)C. The van der Waals surface area contributed by atoms with Gasteiger partial charge in [-0.1, -0.05) is 94.9 Å². The Morgan fingerprint density at radius 1 is 0.391 bits per heavy atom. The van der Waals surface area contributed by atoms with E-state index < -0.39 is 16.1 Å². The first-order valence-electron chi connectivity index (χ1n) is 16.6. The van der Waals surface area contributed by atoms with Crippen LogP contribution in [0.2, 0.25) is 33.2 Å². The van der Waals surface area contributed by atoms with Crippen molar-refractivity contribution in [3.05, 3.63) is 65.4 Å². The fourth-order valence-corrected chi connectivity index (χ4v) is 20.3. The molecule has 6 heteroatoms. The lowest BCUT2D eigenvalue weighted by atomic mass is 9.90. The molecule has 0 atom stereocenters. The summed E-state index contributed by atoms with van der Waals surface area (Å²) in [6.07, 6.45) is 0. The Morgan fingerprint density at radius 3 is 0.891 bits per heavy atom. The molecule has 0 fully saturated rings. The minimum atomic E-state index is -1.99. The van der Waals surface area contributed by atoms with Crippen LogP contribution >= 0.6 is 63.7 Å². The van der Waals surface area contributed by atoms with Crippen LogP contribution in [0.15, 0.2) is 54.3 Å². The van der Waals surface area contributed by atoms with E-state index in [0.717, 1.165) is 29.0 Å². The first kappa shape index (κ1) is 37.9. The minimum absolute atomic E-state index is 0.555. The number of hydrogen-bond acceptors (Lipinski definition) is 0. The molecule has 0 aliphatic carbocycles. The molecule has 0 saturated carbocycles. The molecule has 0 amide bonds. The molecule has 0 unspecified atom stereocenters. The van der Waals surface area contributed by atoms with E-state index in [9.17, 15) is 0 Å². The molecule has 0 N–H and O–H groups in total. The second-order valence-corrected chi connectivity index (χ2v) is 29.4. The summed E-state index contributed by atoms with van der Waals surface area (Å²) in [5, 5.41) is 7.08. The quantitative estimate of drug-likeness (QED) is 0.103. The van der Waals surface area contributed by atoms with Crippen molar-refractivity contribution in [2.45, 2.75) is 116 Å². The molecule has 0 radical (unpaired) electrons. The highest BCUT2D eigenvalue weighted by Crippen LogP contribution is 2.44. The predicted octanol–water partition coefficient (Wildman–Crippen LogP) is 15.3. The van der Waals surface area contributed by atoms with Crippen LogP contribution in [0.4, 0.5) is 0 Å². The Labute approximate surface area is 314 Å². The second kappa shape index (κ2) is 14.5. The maximum absolute atomic E-state index is 4.07. The number of rotatable bonds is 6. The Balaban J connectivity index is 2.31. The second-order valence-electron chi connectivity index (χ2n) is 14.9. The third kappa shape index (κ3) is 6.67. The van der Waals surface area contributed by atoms with Gasteiger partial charge >= 0.3 is 0 Å². The van der Waals surface area contributed by atoms with Crippen LogP contribution in [-0.4, -0.2) is 16.1 Å². The third-order valence-electron chi connectivity index (χ3n) is 10.7. The third-order valence-corrected chi connectivity index (χ3v) is 27.0. The summed E-state index contributed by atoms with van der Waals surface area (Å²) in [6, 6.07) is 13.7. The molecule has 0 aliphatic heterocycles. The van der Waals surface area contributed by atoms with Crippen molar-refractivity contribution in [2.75, 3.05) is 0 Å². The van der Waals surface area contributed by atoms with Crippen LogP contribution in [-0.2, 0) is 0 Å². The van der Waals surface area contributed by atoms with Crippen molar-refractivity contribution in [1.82, 2.24) is 0 Å². The summed E-state index contributed by atoms with van der Waals surface area (Å²) in [5.74, 6) is 7.84. The van der Waals surface area contributed by atoms with Crippen molar-refractivity contribution in [3.8, 4) is 22.9 Å². The van der Waals surface area contributed by atoms with Gasteiger partial charge in [0.05, 0.1) is 0 Å². The fourth-order valence-electron chi connectivity index (χ4n) is 8.44. The average Bonchev–Trinajstić information content (AvgIpc) is 2.94. The van der Waals surface area contributed by atoms with Crippen molar-refractivity contribution in [1.29, 1.82) is 0 Å². The van der Waals surface area contributed by atoms with Gasteiger partial charge in [0.15, 0.2) is 0 Å². The first-order valence-corrected chi connectivity index (χ1v) is 24.3. The van der Waals surface area contributed by atoms with E-state index in [-0.39, 0.29) is 0 Å². The lowest BCUT2D eigenvalue weighted by Crippen LogP contribution is -2.43. The van der Waals surface area contributed by atoms with Crippen molar-refractivity contribution in [3.63, 3.8) is 0 Å². The van der Waals surface area contributed by atoms with E-state index in [0.29, 0.717) is 33.2 Å². The lowest BCUT2D eigenvalue weighted by Gasteiger charge is -2.38. The molecule has 0 spiro atoms. The van der Waals surface area contributed by atoms with Gasteiger partial charge in [0.2, 0.25) is 0 Å². The summed E-state index contributed by atoms with van der Waals surface area (Å²) in [7, 11) is -3.98. The standard InChI is InChI=1S/C40H48Br4Si2/c1-23(2)45(24(3)4,25(5)6)15-13-31-33-17-29-19-37(41)38(42)20-30(29)18-34(33)32(36-22-40(44)39(43)21-35(31)36)14-16-46(26(7)8,27(9)10)28(11)12/h17-28H,1-12H3. The number of fused-ring (bicyclic) bond motifs is 3. The van der Waals surface area contributed by atoms with Gasteiger partial charge in [-0.05, 0) is 155 Å². The number of benzene rings is 4. The molecule has 4 aromatic carbocycles. The van der Waals surface area contributed by atoms with Gasteiger partial charge in [-0.15, -0.1) is 11.1 Å². The first-order chi connectivity index (χ1) is 21.4. The normalized spacial score (nSPS) is 12.7. The summed E-state index contributed by atoms with van der Waals surface area (Å²) in [6.45, 7) is 28.7. The Hall–Kier alpha value is -0.866. The molecule has 4 rings (SSSR count). The van der Waals surface area contributed by atoms with Gasteiger partial charge in [0, 0.05) is 39.8 Å². The highest BCUT2D eigenvalue weighted by atomic mass is 79.9. The van der Waals surface area contributed by atoms with E-state index >= 15 is 0 Å². The Morgan fingerprint density at radius 2 is 0.630 bits per heavy atom. The molecule has 0 aliphatic rings. The summed E-state index contributed by atoms with van der Waals surface area (Å²) in [4.78, 5) is 0. The summed E-state index contributed by atoms with van der Waals surface area (Å²) in [5.41, 5.74) is 13.7. The molecule has 0 aromatic heterocycles. The zero-order valence-electron chi connectivity index (χ0n) is 29.4. The van der Waals surface area contributed by atoms with Gasteiger partial charge in [-0.3, -0.25) is 0 Å². The topological polar surface area (TPSA) is 0 Å². The smallest absolute Gasteiger partial charge is 0.125 e. The number of halogens is 4. The largest absolute Gasteiger partial charge is 0.146 e. The summed E-state index contributed by atoms with van der Waals surface area (Å²) >= 11 is 15.2. The Bertz CT molecular complexity index is 1750. The molecular weight excluding hydrogens is 856 g/mol. The van der Waals surface area contributed by atoms with Crippen molar-refractivity contribution in [2.24, 2.45) is 0 Å². The average molecular weight is 905 g/mol. The highest BCUT2D eigenvalue weighted by Gasteiger charge is 2.43. The van der Waals surface area contributed by atoms with Gasteiger partial charge in [0.1, 0.15) is 16.1 Å². The molecule has 46 heavy (non-hydrogen) atoms. The molecule has 244 valence electrons. The molecule has 0 bridgehead atoms. The van der Waals surface area contributed by atoms with Crippen molar-refractivity contribution >= 4 is 112 Å². The van der Waals surface area contributed by atoms with Crippen molar-refractivity contribution < 1.29 is 0 Å². The number of hydrogen-bond donors (Lipinski definition) is 0. The fraction of sp³-hybridized carbons (Fsp3) is 0.450. The van der Waals surface area contributed by atoms with Gasteiger partial charge in [-0.25, -0.2) is 0 Å². The van der Waals surface area contributed by atoms with Crippen LogP contribution < -0.4 is 0 Å².